The molecule has 0 bridgehead atoms. The number of nitrogens with zero attached hydrogens (tertiary/aromatic N) is 7. The first kappa shape index (κ1) is 25.0. The molecule has 0 spiro atoms. The number of hydrogen-bond acceptors (Lipinski definition) is 12. The summed E-state index contributed by atoms with van der Waals surface area (Å²) < 4.78 is 3.63. The Morgan fingerprint density at radius 3 is 1.92 bits per heavy atom. The van der Waals surface area contributed by atoms with Crippen LogP contribution < -0.4 is 17.0 Å². The smallest absolute Gasteiger partial charge is 0.280 e. The fraction of sp³-hybridized carbons (Fsp3) is 0.545. The molecule has 2 fully saturated rings. The molecule has 2 atom stereocenters. The number of aliphatic hydroxyl groups is 4. The Morgan fingerprint density at radius 2 is 1.38 bits per heavy atom. The molecule has 2 saturated carbocycles. The summed E-state index contributed by atoms with van der Waals surface area (Å²) in [6, 6.07) is 0. The van der Waals surface area contributed by atoms with Gasteiger partial charge in [-0.1, -0.05) is 0 Å². The third-order valence-electron chi connectivity index (χ3n) is 7.73. The first-order valence-corrected chi connectivity index (χ1v) is 11.8. The highest BCUT2D eigenvalue weighted by Gasteiger charge is 2.54. The Morgan fingerprint density at radius 1 is 0.838 bits per heavy atom. The summed E-state index contributed by atoms with van der Waals surface area (Å²) in [5.41, 5.74) is 12.1. The maximum Gasteiger partial charge on any atom is 0.280 e. The molecular formula is C22H30N10O5. The van der Waals surface area contributed by atoms with Crippen LogP contribution in [0.25, 0.3) is 22.3 Å². The van der Waals surface area contributed by atoms with Gasteiger partial charge in [0.25, 0.3) is 5.56 Å². The van der Waals surface area contributed by atoms with Crippen molar-refractivity contribution in [1.82, 2.24) is 39.0 Å². The number of hydrogen-bond donors (Lipinski definition) is 7. The van der Waals surface area contributed by atoms with Gasteiger partial charge in [0, 0.05) is 23.9 Å². The van der Waals surface area contributed by atoms with Gasteiger partial charge in [0.1, 0.15) is 11.8 Å². The number of aliphatic hydroxyl groups excluding tert-OH is 4. The lowest BCUT2D eigenvalue weighted by Gasteiger charge is -2.10. The maximum absolute atomic E-state index is 11.6. The van der Waals surface area contributed by atoms with Gasteiger partial charge in [0.2, 0.25) is 5.95 Å². The predicted octanol–water partition coefficient (Wildman–Crippen LogP) is -1.91. The molecule has 2 aliphatic rings. The monoisotopic (exact) mass is 514 g/mol. The van der Waals surface area contributed by atoms with Gasteiger partial charge in [-0.05, 0) is 24.7 Å². The number of nitrogen functional groups attached to an aromatic ring is 2. The average molecular weight is 515 g/mol. The Bertz CT molecular complexity index is 1470. The number of nitrogens with one attached hydrogen (secondary N) is 1. The van der Waals surface area contributed by atoms with E-state index in [0.717, 1.165) is 12.8 Å². The molecule has 4 aromatic rings. The van der Waals surface area contributed by atoms with Gasteiger partial charge in [-0.15, -0.1) is 0 Å². The molecule has 4 aromatic heterocycles. The van der Waals surface area contributed by atoms with Gasteiger partial charge >= 0.3 is 0 Å². The minimum atomic E-state index is -0.413. The molecular weight excluding hydrogens is 484 g/mol. The van der Waals surface area contributed by atoms with E-state index in [4.69, 9.17) is 11.5 Å². The lowest BCUT2D eigenvalue weighted by Crippen LogP contribution is -2.18. The van der Waals surface area contributed by atoms with E-state index < -0.39 is 5.41 Å². The molecule has 0 aliphatic heterocycles. The zero-order chi connectivity index (χ0) is 26.4. The predicted molar refractivity (Wildman–Crippen MR) is 132 cm³/mol. The zero-order valence-electron chi connectivity index (χ0n) is 20.0. The molecule has 4 heterocycles. The molecule has 2 aliphatic carbocycles. The molecule has 9 N–H and O–H groups in total. The third-order valence-corrected chi connectivity index (χ3v) is 7.73. The molecule has 198 valence electrons. The topological polar surface area (TPSA) is 240 Å². The van der Waals surface area contributed by atoms with E-state index in [1.807, 2.05) is 4.57 Å². The van der Waals surface area contributed by atoms with E-state index in [-0.39, 0.29) is 60.7 Å². The van der Waals surface area contributed by atoms with Crippen LogP contribution in [0.15, 0.2) is 23.8 Å². The number of rotatable bonds is 8. The van der Waals surface area contributed by atoms with E-state index in [0.29, 0.717) is 35.7 Å². The van der Waals surface area contributed by atoms with Crippen LogP contribution in [-0.4, -0.2) is 85.9 Å². The van der Waals surface area contributed by atoms with Crippen molar-refractivity contribution in [3.63, 3.8) is 0 Å². The largest absolute Gasteiger partial charge is 0.396 e. The third kappa shape index (κ3) is 4.39. The summed E-state index contributed by atoms with van der Waals surface area (Å²) in [5, 5.41) is 37.1. The standard InChI is InChI=1S/C11H15N5O3.C11H15N5O2/c12-10-14-8-7(9(19)15-10)13-5-16(8)2-6-1-11(6,3-17)4-18;12-9-8-10(14-5-13-9)16(6-15-8)2-7-1-11(7,3-17)4-18/h5-6,17-18H,1-4H2,(H3,12,14,15,19);5-7,17-18H,1-4H2,(H2,12,13,14). The Labute approximate surface area is 209 Å². The van der Waals surface area contributed by atoms with E-state index in [1.165, 1.54) is 12.7 Å². The van der Waals surface area contributed by atoms with Crippen molar-refractivity contribution >= 4 is 34.1 Å². The van der Waals surface area contributed by atoms with Gasteiger partial charge in [-0.2, -0.15) is 4.98 Å². The first-order chi connectivity index (χ1) is 17.8. The molecule has 2 unspecified atom stereocenters. The van der Waals surface area contributed by atoms with Crippen LogP contribution >= 0.6 is 0 Å². The van der Waals surface area contributed by atoms with Gasteiger partial charge in [-0.3, -0.25) is 9.78 Å². The lowest BCUT2D eigenvalue weighted by atomic mass is 10.1. The minimum absolute atomic E-state index is 0.0118. The quantitative estimate of drug-likeness (QED) is 0.136. The minimum Gasteiger partial charge on any atom is -0.396 e. The van der Waals surface area contributed by atoms with E-state index in [1.54, 1.807) is 10.9 Å². The summed E-state index contributed by atoms with van der Waals surface area (Å²) in [5.74, 6) is 0.819. The summed E-state index contributed by atoms with van der Waals surface area (Å²) >= 11 is 0. The van der Waals surface area contributed by atoms with Crippen molar-refractivity contribution in [2.45, 2.75) is 25.9 Å². The van der Waals surface area contributed by atoms with Crippen LogP contribution in [-0.2, 0) is 13.1 Å². The zero-order valence-corrected chi connectivity index (χ0v) is 20.0. The van der Waals surface area contributed by atoms with Crippen LogP contribution in [0.5, 0.6) is 0 Å². The molecule has 0 amide bonds. The molecule has 0 aromatic carbocycles. The summed E-state index contributed by atoms with van der Waals surface area (Å²) in [4.78, 5) is 34.3. The van der Waals surface area contributed by atoms with Crippen LogP contribution in [0.4, 0.5) is 11.8 Å². The van der Waals surface area contributed by atoms with Crippen LogP contribution in [0, 0.1) is 22.7 Å². The summed E-state index contributed by atoms with van der Waals surface area (Å²) in [6.45, 7) is 1.16. The SMILES string of the molecule is Nc1nc2c(ncn2CC2CC2(CO)CO)c(=O)[nH]1.Nc1ncnc2c1ncn2CC1CC1(CO)CO. The van der Waals surface area contributed by atoms with Crippen LogP contribution in [0.1, 0.15) is 12.8 Å². The average Bonchev–Trinajstić information content (AvgIpc) is 3.67. The summed E-state index contributed by atoms with van der Waals surface area (Å²) in [7, 11) is 0. The second-order valence-corrected chi connectivity index (χ2v) is 10.0. The van der Waals surface area contributed by atoms with Crippen molar-refractivity contribution in [1.29, 1.82) is 0 Å². The number of anilines is 2. The van der Waals surface area contributed by atoms with Crippen LogP contribution in [0.2, 0.25) is 0 Å². The van der Waals surface area contributed by atoms with E-state index >= 15 is 0 Å². The highest BCUT2D eigenvalue weighted by Crippen LogP contribution is 2.53. The first-order valence-electron chi connectivity index (χ1n) is 11.8. The molecule has 15 nitrogen and oxygen atoms in total. The van der Waals surface area contributed by atoms with Crippen molar-refractivity contribution in [3.05, 3.63) is 29.3 Å². The molecule has 0 radical (unpaired) electrons. The van der Waals surface area contributed by atoms with Gasteiger partial charge in [0.15, 0.2) is 22.6 Å². The van der Waals surface area contributed by atoms with Gasteiger partial charge in [-0.25, -0.2) is 19.9 Å². The number of aromatic nitrogens is 8. The van der Waals surface area contributed by atoms with Gasteiger partial charge < -0.3 is 41.0 Å². The van der Waals surface area contributed by atoms with E-state index in [2.05, 4.69) is 29.9 Å². The molecule has 37 heavy (non-hydrogen) atoms. The van der Waals surface area contributed by atoms with Gasteiger partial charge in [0.05, 0.1) is 39.1 Å². The number of aromatic amines is 1. The van der Waals surface area contributed by atoms with E-state index in [9.17, 15) is 25.2 Å². The highest BCUT2D eigenvalue weighted by atomic mass is 16.3. The van der Waals surface area contributed by atoms with Crippen molar-refractivity contribution < 1.29 is 20.4 Å². The maximum atomic E-state index is 11.6. The van der Waals surface area contributed by atoms with Crippen molar-refractivity contribution in [2.75, 3.05) is 37.9 Å². The highest BCUT2D eigenvalue weighted by molar-refractivity contribution is 5.81. The second kappa shape index (κ2) is 9.33. The summed E-state index contributed by atoms with van der Waals surface area (Å²) in [6.07, 6.45) is 6.18. The fourth-order valence-electron chi connectivity index (χ4n) is 4.87. The number of nitrogens with two attached hydrogens (primary N) is 2. The Balaban J connectivity index is 0.000000152. The number of imidazole rings is 2. The fourth-order valence-corrected chi connectivity index (χ4v) is 4.87. The van der Waals surface area contributed by atoms with Crippen LogP contribution in [0.3, 0.4) is 0 Å². The number of H-pyrrole nitrogens is 1. The van der Waals surface area contributed by atoms with Crippen molar-refractivity contribution in [2.24, 2.45) is 22.7 Å². The Kier molecular flexibility index (Phi) is 6.31. The lowest BCUT2D eigenvalue weighted by molar-refractivity contribution is 0.119. The normalized spacial score (nSPS) is 21.1. The van der Waals surface area contributed by atoms with Crippen molar-refractivity contribution in [3.8, 4) is 0 Å². The second-order valence-electron chi connectivity index (χ2n) is 10.0. The molecule has 15 heteroatoms. The molecule has 0 saturated heterocycles. The molecule has 6 rings (SSSR count). The number of fused-ring (bicyclic) bond motifs is 2. The Hall–Kier alpha value is -3.66.